The quantitative estimate of drug-likeness (QED) is 0.300. The number of rotatable bonds is 6. The minimum atomic E-state index is -0.512. The first-order chi connectivity index (χ1) is 17.1. The van der Waals surface area contributed by atoms with Crippen molar-refractivity contribution in [1.29, 1.82) is 0 Å². The first-order valence-electron chi connectivity index (χ1n) is 11.7. The van der Waals surface area contributed by atoms with Crippen molar-refractivity contribution < 1.29 is 19.2 Å². The Bertz CT molecular complexity index is 1290. The van der Waals surface area contributed by atoms with Gasteiger partial charge in [-0.2, -0.15) is 0 Å². The molecule has 2 amide bonds. The molecule has 1 unspecified atom stereocenters. The van der Waals surface area contributed by atoms with Gasteiger partial charge in [-0.1, -0.05) is 20.8 Å². The Balaban J connectivity index is 1.65. The largest absolute Gasteiger partial charge is 0.497 e. The van der Waals surface area contributed by atoms with Crippen LogP contribution in [-0.4, -0.2) is 23.8 Å². The summed E-state index contributed by atoms with van der Waals surface area (Å²) in [6.07, 6.45) is 2.57. The second-order valence-corrected chi connectivity index (χ2v) is 11.1. The highest BCUT2D eigenvalue weighted by Crippen LogP contribution is 2.44. The normalized spacial score (nSPS) is 15.1. The molecule has 0 fully saturated rings. The first kappa shape index (κ1) is 25.4. The first-order valence-corrected chi connectivity index (χ1v) is 12.5. The van der Waals surface area contributed by atoms with Crippen LogP contribution in [0.5, 0.6) is 5.75 Å². The van der Waals surface area contributed by atoms with Gasteiger partial charge < -0.3 is 15.4 Å². The third-order valence-electron chi connectivity index (χ3n) is 6.63. The zero-order valence-corrected chi connectivity index (χ0v) is 21.5. The van der Waals surface area contributed by atoms with Gasteiger partial charge in [-0.05, 0) is 72.6 Å². The predicted molar refractivity (Wildman–Crippen MR) is 141 cm³/mol. The lowest BCUT2D eigenvalue weighted by molar-refractivity contribution is -0.384. The second-order valence-electron chi connectivity index (χ2n) is 9.95. The number of carbonyl (C=O) groups is 2. The van der Waals surface area contributed by atoms with Crippen molar-refractivity contribution in [3.8, 4) is 5.75 Å². The van der Waals surface area contributed by atoms with E-state index in [2.05, 4.69) is 31.4 Å². The lowest BCUT2D eigenvalue weighted by Gasteiger charge is -2.33. The van der Waals surface area contributed by atoms with Gasteiger partial charge in [-0.3, -0.25) is 19.7 Å². The molecule has 3 aromatic rings. The van der Waals surface area contributed by atoms with E-state index in [4.69, 9.17) is 4.74 Å². The maximum atomic E-state index is 13.5. The summed E-state index contributed by atoms with van der Waals surface area (Å²) in [6, 6.07) is 12.5. The molecule has 2 N–H and O–H groups in total. The summed E-state index contributed by atoms with van der Waals surface area (Å²) >= 11 is 1.44. The smallest absolute Gasteiger partial charge is 0.269 e. The average molecular weight is 508 g/mol. The Morgan fingerprint density at radius 3 is 2.28 bits per heavy atom. The standard InChI is InChI=1S/C27H29N3O5S/c1-27(2,3)17-7-14-21-22(15-17)36-26(29-24(31)16-5-10-19(11-6-16)30(33)34)23(21)25(32)28-18-8-12-20(35-4)13-9-18/h5-6,8-13,17H,7,14-15H2,1-4H3,(H,28,32)(H,29,31). The molecule has 1 aromatic heterocycles. The van der Waals surface area contributed by atoms with Gasteiger partial charge in [0.2, 0.25) is 0 Å². The number of ether oxygens (including phenoxy) is 1. The van der Waals surface area contributed by atoms with Gasteiger partial charge in [-0.25, -0.2) is 0 Å². The molecule has 8 nitrogen and oxygen atoms in total. The number of nitrogens with one attached hydrogen (secondary N) is 2. The number of nitro benzene ring substituents is 1. The van der Waals surface area contributed by atoms with E-state index in [0.717, 1.165) is 29.7 Å². The van der Waals surface area contributed by atoms with Gasteiger partial charge in [0.15, 0.2) is 0 Å². The molecule has 1 heterocycles. The summed E-state index contributed by atoms with van der Waals surface area (Å²) < 4.78 is 5.19. The molecule has 0 bridgehead atoms. The van der Waals surface area contributed by atoms with Crippen molar-refractivity contribution in [1.82, 2.24) is 0 Å². The summed E-state index contributed by atoms with van der Waals surface area (Å²) in [4.78, 5) is 38.0. The Morgan fingerprint density at radius 2 is 1.69 bits per heavy atom. The Labute approximate surface area is 213 Å². The maximum absolute atomic E-state index is 13.5. The van der Waals surface area contributed by atoms with Crippen LogP contribution in [0.2, 0.25) is 0 Å². The Kier molecular flexibility index (Phi) is 7.12. The molecule has 4 rings (SSSR count). The van der Waals surface area contributed by atoms with Crippen LogP contribution in [0.15, 0.2) is 48.5 Å². The molecule has 1 aliphatic carbocycles. The Morgan fingerprint density at radius 1 is 1.03 bits per heavy atom. The second kappa shape index (κ2) is 10.1. The fourth-order valence-corrected chi connectivity index (χ4v) is 5.75. The number of amides is 2. The number of hydrogen-bond acceptors (Lipinski definition) is 6. The molecule has 1 aliphatic rings. The molecule has 188 valence electrons. The third kappa shape index (κ3) is 5.41. The highest BCUT2D eigenvalue weighted by molar-refractivity contribution is 7.17. The van der Waals surface area contributed by atoms with E-state index in [-0.39, 0.29) is 22.6 Å². The van der Waals surface area contributed by atoms with Gasteiger partial charge >= 0.3 is 0 Å². The number of carbonyl (C=O) groups excluding carboxylic acids is 2. The van der Waals surface area contributed by atoms with Gasteiger partial charge in [-0.15, -0.1) is 11.3 Å². The number of nitrogens with zero attached hydrogens (tertiary/aromatic N) is 1. The maximum Gasteiger partial charge on any atom is 0.269 e. The fourth-order valence-electron chi connectivity index (χ4n) is 4.43. The van der Waals surface area contributed by atoms with E-state index in [1.165, 1.54) is 35.6 Å². The summed E-state index contributed by atoms with van der Waals surface area (Å²) in [6.45, 7) is 6.68. The highest BCUT2D eigenvalue weighted by atomic mass is 32.1. The van der Waals surface area contributed by atoms with Crippen LogP contribution in [0.1, 0.15) is 58.3 Å². The molecule has 0 saturated heterocycles. The number of fused-ring (bicyclic) bond motifs is 1. The number of benzene rings is 2. The molecule has 0 saturated carbocycles. The van der Waals surface area contributed by atoms with Gasteiger partial charge in [0.05, 0.1) is 17.6 Å². The number of methoxy groups -OCH3 is 1. The van der Waals surface area contributed by atoms with Crippen molar-refractivity contribution in [3.63, 3.8) is 0 Å². The van der Waals surface area contributed by atoms with Crippen LogP contribution in [-0.2, 0) is 12.8 Å². The van der Waals surface area contributed by atoms with Crippen molar-refractivity contribution in [2.45, 2.75) is 40.0 Å². The predicted octanol–water partition coefficient (Wildman–Crippen LogP) is 6.32. The van der Waals surface area contributed by atoms with Crippen LogP contribution < -0.4 is 15.4 Å². The number of nitro groups is 1. The number of anilines is 2. The number of thiophene rings is 1. The molecule has 0 aliphatic heterocycles. The SMILES string of the molecule is COc1ccc(NC(=O)c2c(NC(=O)c3ccc([N+](=O)[O-])cc3)sc3c2CCC(C(C)(C)C)C3)cc1. The number of hydrogen-bond donors (Lipinski definition) is 2. The zero-order chi connectivity index (χ0) is 26.0. The third-order valence-corrected chi connectivity index (χ3v) is 7.80. The summed E-state index contributed by atoms with van der Waals surface area (Å²) in [7, 11) is 1.58. The number of non-ortho nitro benzene ring substituents is 1. The molecule has 2 aromatic carbocycles. The van der Waals surface area contributed by atoms with Gasteiger partial charge in [0.25, 0.3) is 17.5 Å². The molecule has 1 atom stereocenters. The monoisotopic (exact) mass is 507 g/mol. The summed E-state index contributed by atoms with van der Waals surface area (Å²) in [5.74, 6) is 0.449. The van der Waals surface area contributed by atoms with Crippen LogP contribution >= 0.6 is 11.3 Å². The minimum absolute atomic E-state index is 0.0917. The van der Waals surface area contributed by atoms with Crippen molar-refractivity contribution in [3.05, 3.63) is 80.2 Å². The van der Waals surface area contributed by atoms with Gasteiger partial charge in [0.1, 0.15) is 10.8 Å². The van der Waals surface area contributed by atoms with Gasteiger partial charge in [0, 0.05) is 28.3 Å². The van der Waals surface area contributed by atoms with E-state index in [1.54, 1.807) is 31.4 Å². The van der Waals surface area contributed by atoms with E-state index in [1.807, 2.05) is 0 Å². The van der Waals surface area contributed by atoms with E-state index >= 15 is 0 Å². The Hall–Kier alpha value is -3.72. The van der Waals surface area contributed by atoms with Crippen LogP contribution in [0, 0.1) is 21.4 Å². The summed E-state index contributed by atoms with van der Waals surface area (Å²) in [5, 5.41) is 17.3. The average Bonchev–Trinajstić information content (AvgIpc) is 3.21. The van der Waals surface area contributed by atoms with E-state index in [0.29, 0.717) is 27.9 Å². The van der Waals surface area contributed by atoms with Crippen LogP contribution in [0.3, 0.4) is 0 Å². The molecular formula is C27H29N3O5S. The minimum Gasteiger partial charge on any atom is -0.497 e. The van der Waals surface area contributed by atoms with Crippen molar-refractivity contribution in [2.75, 3.05) is 17.7 Å². The molecular weight excluding hydrogens is 478 g/mol. The van der Waals surface area contributed by atoms with Crippen molar-refractivity contribution in [2.24, 2.45) is 11.3 Å². The zero-order valence-electron chi connectivity index (χ0n) is 20.7. The highest BCUT2D eigenvalue weighted by Gasteiger charge is 2.34. The van der Waals surface area contributed by atoms with Crippen LogP contribution in [0.25, 0.3) is 0 Å². The van der Waals surface area contributed by atoms with Crippen LogP contribution in [0.4, 0.5) is 16.4 Å². The molecule has 9 heteroatoms. The lowest BCUT2D eigenvalue weighted by atomic mass is 9.72. The molecule has 36 heavy (non-hydrogen) atoms. The fraction of sp³-hybridized carbons (Fsp3) is 0.333. The van der Waals surface area contributed by atoms with E-state index in [9.17, 15) is 19.7 Å². The molecule has 0 radical (unpaired) electrons. The summed E-state index contributed by atoms with van der Waals surface area (Å²) in [5.41, 5.74) is 2.40. The topological polar surface area (TPSA) is 111 Å². The van der Waals surface area contributed by atoms with Crippen molar-refractivity contribution >= 4 is 39.5 Å². The lowest BCUT2D eigenvalue weighted by Crippen LogP contribution is -2.27. The molecule has 0 spiro atoms. The van der Waals surface area contributed by atoms with E-state index < -0.39 is 10.8 Å².